The fraction of sp³-hybridized carbons (Fsp3) is 0.250. The Balaban J connectivity index is 1.78. The predicted molar refractivity (Wildman–Crippen MR) is 104 cm³/mol. The van der Waals surface area contributed by atoms with Crippen LogP contribution in [0, 0.1) is 20.8 Å². The summed E-state index contributed by atoms with van der Waals surface area (Å²) in [4.78, 5) is 15.4. The van der Waals surface area contributed by atoms with Crippen LogP contribution in [0.2, 0.25) is 0 Å². The van der Waals surface area contributed by atoms with E-state index in [0.29, 0.717) is 12.0 Å². The Kier molecular flexibility index (Phi) is 4.98. The highest BCUT2D eigenvalue weighted by Gasteiger charge is 2.14. The molecule has 136 valence electrons. The second-order valence-corrected chi connectivity index (χ2v) is 8.38. The van der Waals surface area contributed by atoms with Gasteiger partial charge in [0.25, 0.3) is 5.56 Å². The smallest absolute Gasteiger partial charge is 0.251 e. The van der Waals surface area contributed by atoms with Gasteiger partial charge in [-0.3, -0.25) is 4.79 Å². The van der Waals surface area contributed by atoms with E-state index in [1.807, 2.05) is 45.0 Å². The van der Waals surface area contributed by atoms with Gasteiger partial charge in [0, 0.05) is 17.6 Å². The van der Waals surface area contributed by atoms with Gasteiger partial charge in [0.2, 0.25) is 10.0 Å². The molecule has 0 spiro atoms. The SMILES string of the molecule is Cc1cccc(S(=O)(=O)NCCc2cc3cc(C)c(C)cc3[nH]c2=O)c1. The molecule has 2 N–H and O–H groups in total. The molecule has 1 aromatic heterocycles. The quantitative estimate of drug-likeness (QED) is 0.725. The second-order valence-electron chi connectivity index (χ2n) is 6.61. The van der Waals surface area contributed by atoms with Crippen molar-refractivity contribution in [2.75, 3.05) is 6.54 Å². The zero-order chi connectivity index (χ0) is 18.9. The van der Waals surface area contributed by atoms with Crippen LogP contribution in [0.4, 0.5) is 0 Å². The minimum atomic E-state index is -3.58. The summed E-state index contributed by atoms with van der Waals surface area (Å²) in [6.07, 6.45) is 0.323. The van der Waals surface area contributed by atoms with Crippen molar-refractivity contribution in [3.05, 3.63) is 75.1 Å². The minimum Gasteiger partial charge on any atom is -0.322 e. The zero-order valence-electron chi connectivity index (χ0n) is 15.1. The van der Waals surface area contributed by atoms with Crippen molar-refractivity contribution < 1.29 is 8.42 Å². The van der Waals surface area contributed by atoms with Gasteiger partial charge in [-0.15, -0.1) is 0 Å². The van der Waals surface area contributed by atoms with Crippen LogP contribution in [0.25, 0.3) is 10.9 Å². The van der Waals surface area contributed by atoms with Crippen LogP contribution < -0.4 is 10.3 Å². The van der Waals surface area contributed by atoms with E-state index in [1.54, 1.807) is 18.2 Å². The monoisotopic (exact) mass is 370 g/mol. The van der Waals surface area contributed by atoms with Gasteiger partial charge in [0.1, 0.15) is 0 Å². The number of H-pyrrole nitrogens is 1. The third-order valence-corrected chi connectivity index (χ3v) is 5.98. The van der Waals surface area contributed by atoms with Gasteiger partial charge < -0.3 is 4.98 Å². The second kappa shape index (κ2) is 7.05. The van der Waals surface area contributed by atoms with Gasteiger partial charge in [-0.2, -0.15) is 0 Å². The number of aryl methyl sites for hydroxylation is 3. The van der Waals surface area contributed by atoms with Crippen molar-refractivity contribution in [3.8, 4) is 0 Å². The first kappa shape index (κ1) is 18.4. The van der Waals surface area contributed by atoms with Crippen molar-refractivity contribution in [1.82, 2.24) is 9.71 Å². The molecule has 0 saturated heterocycles. The Morgan fingerprint density at radius 3 is 2.46 bits per heavy atom. The Bertz CT molecular complexity index is 1130. The maximum atomic E-state index is 12.4. The van der Waals surface area contributed by atoms with Gasteiger partial charge in [-0.05, 0) is 79.6 Å². The van der Waals surface area contributed by atoms with E-state index in [9.17, 15) is 13.2 Å². The normalized spacial score (nSPS) is 11.8. The third kappa shape index (κ3) is 3.86. The zero-order valence-corrected chi connectivity index (χ0v) is 15.9. The van der Waals surface area contributed by atoms with E-state index < -0.39 is 10.0 Å². The molecule has 0 bridgehead atoms. The first-order valence-corrected chi connectivity index (χ1v) is 9.94. The van der Waals surface area contributed by atoms with Crippen LogP contribution in [0.1, 0.15) is 22.3 Å². The van der Waals surface area contributed by atoms with Crippen LogP contribution in [-0.4, -0.2) is 19.9 Å². The first-order chi connectivity index (χ1) is 12.3. The van der Waals surface area contributed by atoms with E-state index in [-0.39, 0.29) is 17.0 Å². The molecule has 2 aromatic carbocycles. The Labute approximate surface area is 153 Å². The van der Waals surface area contributed by atoms with E-state index >= 15 is 0 Å². The lowest BCUT2D eigenvalue weighted by atomic mass is 10.0. The summed E-state index contributed by atoms with van der Waals surface area (Å²) in [7, 11) is -3.58. The molecule has 3 rings (SSSR count). The summed E-state index contributed by atoms with van der Waals surface area (Å²) in [5.41, 5.74) is 4.32. The van der Waals surface area contributed by atoms with Crippen LogP contribution in [-0.2, 0) is 16.4 Å². The highest BCUT2D eigenvalue weighted by atomic mass is 32.2. The molecule has 1 heterocycles. The van der Waals surface area contributed by atoms with E-state index in [1.165, 1.54) is 0 Å². The number of rotatable bonds is 5. The molecule has 5 nitrogen and oxygen atoms in total. The number of fused-ring (bicyclic) bond motifs is 1. The summed E-state index contributed by atoms with van der Waals surface area (Å²) >= 11 is 0. The topological polar surface area (TPSA) is 79.0 Å². The predicted octanol–water partition coefficient (Wildman–Crippen LogP) is 2.97. The van der Waals surface area contributed by atoms with Crippen molar-refractivity contribution in [2.24, 2.45) is 0 Å². The number of sulfonamides is 1. The fourth-order valence-corrected chi connectivity index (χ4v) is 4.03. The third-order valence-electron chi connectivity index (χ3n) is 4.52. The summed E-state index contributed by atoms with van der Waals surface area (Å²) in [6.45, 7) is 6.03. The number of hydrogen-bond donors (Lipinski definition) is 2. The molecule has 26 heavy (non-hydrogen) atoms. The number of aromatic nitrogens is 1. The van der Waals surface area contributed by atoms with Crippen LogP contribution in [0.3, 0.4) is 0 Å². The largest absolute Gasteiger partial charge is 0.322 e. The highest BCUT2D eigenvalue weighted by Crippen LogP contribution is 2.17. The lowest BCUT2D eigenvalue weighted by Gasteiger charge is -2.09. The first-order valence-electron chi connectivity index (χ1n) is 8.46. The van der Waals surface area contributed by atoms with Gasteiger partial charge in [0.05, 0.1) is 4.90 Å². The molecule has 6 heteroatoms. The summed E-state index contributed by atoms with van der Waals surface area (Å²) in [5.74, 6) is 0. The molecule has 0 aliphatic rings. The average Bonchev–Trinajstić information content (AvgIpc) is 2.57. The van der Waals surface area contributed by atoms with Gasteiger partial charge in [0.15, 0.2) is 0 Å². The number of hydrogen-bond acceptors (Lipinski definition) is 3. The Hall–Kier alpha value is -2.44. The maximum Gasteiger partial charge on any atom is 0.251 e. The van der Waals surface area contributed by atoms with Crippen molar-refractivity contribution in [2.45, 2.75) is 32.1 Å². The minimum absolute atomic E-state index is 0.162. The molecule has 0 aliphatic heterocycles. The molecule has 3 aromatic rings. The molecule has 0 aliphatic carbocycles. The molecule has 0 amide bonds. The van der Waals surface area contributed by atoms with Crippen LogP contribution >= 0.6 is 0 Å². The number of nitrogens with one attached hydrogen (secondary N) is 2. The highest BCUT2D eigenvalue weighted by molar-refractivity contribution is 7.89. The van der Waals surface area contributed by atoms with E-state index in [2.05, 4.69) is 9.71 Å². The average molecular weight is 370 g/mol. The fourth-order valence-electron chi connectivity index (χ4n) is 2.89. The maximum absolute atomic E-state index is 12.4. The van der Waals surface area contributed by atoms with Crippen molar-refractivity contribution in [1.29, 1.82) is 0 Å². The lowest BCUT2D eigenvalue weighted by molar-refractivity contribution is 0.581. The van der Waals surface area contributed by atoms with Crippen molar-refractivity contribution in [3.63, 3.8) is 0 Å². The van der Waals surface area contributed by atoms with Gasteiger partial charge in [-0.1, -0.05) is 12.1 Å². The molecule has 0 fully saturated rings. The standard InChI is InChI=1S/C20H22N2O3S/c1-13-5-4-6-18(9-13)26(24,25)21-8-7-16-12-17-10-14(2)15(3)11-19(17)22-20(16)23/h4-6,9-12,21H,7-8H2,1-3H3,(H,22,23). The molecular formula is C20H22N2O3S. The summed E-state index contributed by atoms with van der Waals surface area (Å²) < 4.78 is 27.3. The van der Waals surface area contributed by atoms with E-state index in [4.69, 9.17) is 0 Å². The van der Waals surface area contributed by atoms with Crippen molar-refractivity contribution >= 4 is 20.9 Å². The van der Waals surface area contributed by atoms with E-state index in [0.717, 1.165) is 27.6 Å². The Morgan fingerprint density at radius 1 is 1.00 bits per heavy atom. The van der Waals surface area contributed by atoms with Gasteiger partial charge >= 0.3 is 0 Å². The summed E-state index contributed by atoms with van der Waals surface area (Å²) in [5, 5.41) is 0.948. The number of pyridine rings is 1. The molecule has 0 radical (unpaired) electrons. The molecule has 0 saturated carbocycles. The molecule has 0 unspecified atom stereocenters. The Morgan fingerprint density at radius 2 is 1.73 bits per heavy atom. The lowest BCUT2D eigenvalue weighted by Crippen LogP contribution is -2.27. The molecular weight excluding hydrogens is 348 g/mol. The van der Waals surface area contributed by atoms with Crippen LogP contribution in [0.15, 0.2) is 52.2 Å². The molecule has 0 atom stereocenters. The van der Waals surface area contributed by atoms with Gasteiger partial charge in [-0.25, -0.2) is 13.1 Å². The van der Waals surface area contributed by atoms with Crippen LogP contribution in [0.5, 0.6) is 0 Å². The number of aromatic amines is 1. The number of benzene rings is 2. The summed E-state index contributed by atoms with van der Waals surface area (Å²) in [6, 6.07) is 12.6.